The number of aromatic nitrogens is 2. The molecule has 2 heterocycles. The molecule has 2 aromatic carbocycles. The van der Waals surface area contributed by atoms with Crippen LogP contribution in [0.1, 0.15) is 42.4 Å². The molecule has 1 N–H and O–H groups in total. The number of amides is 1. The van der Waals surface area contributed by atoms with E-state index in [4.69, 9.17) is 4.98 Å². The van der Waals surface area contributed by atoms with Crippen molar-refractivity contribution in [1.29, 1.82) is 0 Å². The summed E-state index contributed by atoms with van der Waals surface area (Å²) >= 11 is 0. The van der Waals surface area contributed by atoms with Gasteiger partial charge in [0.05, 0.1) is 23.5 Å². The van der Waals surface area contributed by atoms with Crippen molar-refractivity contribution in [3.8, 4) is 0 Å². The Labute approximate surface area is 157 Å². The molecule has 27 heavy (non-hydrogen) atoms. The Hall–Kier alpha value is -3.15. The van der Waals surface area contributed by atoms with Crippen molar-refractivity contribution in [1.82, 2.24) is 14.5 Å². The van der Waals surface area contributed by atoms with E-state index in [0.717, 1.165) is 28.0 Å². The quantitative estimate of drug-likeness (QED) is 0.770. The molecule has 0 radical (unpaired) electrons. The van der Waals surface area contributed by atoms with Crippen molar-refractivity contribution in [3.05, 3.63) is 65.5 Å². The molecule has 1 aliphatic rings. The van der Waals surface area contributed by atoms with Crippen LogP contribution in [0.15, 0.2) is 48.5 Å². The zero-order valence-corrected chi connectivity index (χ0v) is 15.3. The summed E-state index contributed by atoms with van der Waals surface area (Å²) in [5, 5.41) is 9.39. The van der Waals surface area contributed by atoms with Crippen LogP contribution in [0.25, 0.3) is 11.0 Å². The van der Waals surface area contributed by atoms with Crippen molar-refractivity contribution in [2.24, 2.45) is 0 Å². The first kappa shape index (κ1) is 17.3. The van der Waals surface area contributed by atoms with E-state index in [-0.39, 0.29) is 18.4 Å². The molecule has 0 spiro atoms. The number of carboxylic acid groups (broad SMARTS) is 1. The third-order valence-corrected chi connectivity index (χ3v) is 5.19. The van der Waals surface area contributed by atoms with E-state index in [1.807, 2.05) is 66.9 Å². The van der Waals surface area contributed by atoms with E-state index in [2.05, 4.69) is 0 Å². The predicted octanol–water partition coefficient (Wildman–Crippen LogP) is 3.46. The van der Waals surface area contributed by atoms with Crippen molar-refractivity contribution in [2.75, 3.05) is 0 Å². The first-order valence-corrected chi connectivity index (χ1v) is 9.00. The summed E-state index contributed by atoms with van der Waals surface area (Å²) in [5.74, 6) is -0.447. The summed E-state index contributed by atoms with van der Waals surface area (Å²) < 4.78 is 1.81. The van der Waals surface area contributed by atoms with E-state index in [1.54, 1.807) is 4.90 Å². The van der Waals surface area contributed by atoms with Gasteiger partial charge in [-0.2, -0.15) is 0 Å². The number of hydrogen-bond acceptors (Lipinski definition) is 3. The van der Waals surface area contributed by atoms with E-state index >= 15 is 0 Å². The molecule has 4 rings (SSSR count). The Kier molecular flexibility index (Phi) is 4.18. The van der Waals surface area contributed by atoms with Crippen LogP contribution in [0, 0.1) is 6.92 Å². The Morgan fingerprint density at radius 2 is 1.85 bits per heavy atom. The number of carboxylic acids is 1. The second-order valence-corrected chi connectivity index (χ2v) is 7.07. The van der Waals surface area contributed by atoms with Gasteiger partial charge in [-0.15, -0.1) is 0 Å². The van der Waals surface area contributed by atoms with Crippen molar-refractivity contribution in [2.45, 2.75) is 38.9 Å². The molecule has 3 aromatic rings. The van der Waals surface area contributed by atoms with Gasteiger partial charge in [0, 0.05) is 6.54 Å². The number of fused-ring (bicyclic) bond motifs is 3. The topological polar surface area (TPSA) is 75.4 Å². The lowest BCUT2D eigenvalue weighted by molar-refractivity contribution is -0.147. The second kappa shape index (κ2) is 6.54. The maximum Gasteiger partial charge on any atom is 0.306 e. The highest BCUT2D eigenvalue weighted by Gasteiger charge is 2.40. The normalized spacial score (nSPS) is 19.3. The highest BCUT2D eigenvalue weighted by atomic mass is 16.4. The fourth-order valence-electron chi connectivity index (χ4n) is 3.77. The van der Waals surface area contributed by atoms with E-state index in [0.29, 0.717) is 6.54 Å². The fraction of sp³-hybridized carbons (Fsp3) is 0.286. The van der Waals surface area contributed by atoms with Crippen LogP contribution in [0.5, 0.6) is 0 Å². The van der Waals surface area contributed by atoms with Gasteiger partial charge in [-0.25, -0.2) is 4.98 Å². The Morgan fingerprint density at radius 1 is 1.15 bits per heavy atom. The molecule has 1 aliphatic heterocycles. The second-order valence-electron chi connectivity index (χ2n) is 7.07. The van der Waals surface area contributed by atoms with Crippen LogP contribution >= 0.6 is 0 Å². The number of nitrogens with zero attached hydrogens (tertiary/aromatic N) is 3. The maximum absolute atomic E-state index is 13.3. The van der Waals surface area contributed by atoms with Gasteiger partial charge in [0.25, 0.3) is 0 Å². The number of carbonyl (C=O) groups is 2. The molecule has 6 nitrogen and oxygen atoms in total. The molecule has 2 atom stereocenters. The fourth-order valence-corrected chi connectivity index (χ4v) is 3.77. The molecule has 1 aromatic heterocycles. The molecule has 6 heteroatoms. The minimum Gasteiger partial charge on any atom is -0.481 e. The lowest BCUT2D eigenvalue weighted by atomic mass is 10.0. The first-order valence-electron chi connectivity index (χ1n) is 9.00. The van der Waals surface area contributed by atoms with Crippen LogP contribution in [-0.4, -0.2) is 31.4 Å². The molecule has 0 fully saturated rings. The Bertz CT molecular complexity index is 1020. The number of para-hydroxylation sites is 2. The molecular formula is C21H21N3O3. The highest BCUT2D eigenvalue weighted by molar-refractivity contribution is 5.89. The monoisotopic (exact) mass is 363 g/mol. The molecule has 0 aliphatic carbocycles. The minimum atomic E-state index is -0.998. The average Bonchev–Trinajstić information content (AvgIpc) is 3.03. The lowest BCUT2D eigenvalue weighted by Gasteiger charge is -2.38. The number of benzene rings is 2. The number of aryl methyl sites for hydroxylation is 1. The van der Waals surface area contributed by atoms with Gasteiger partial charge in [-0.3, -0.25) is 9.59 Å². The lowest BCUT2D eigenvalue weighted by Crippen LogP contribution is -2.45. The summed E-state index contributed by atoms with van der Waals surface area (Å²) in [5.41, 5.74) is 3.75. The predicted molar refractivity (Wildman–Crippen MR) is 101 cm³/mol. The molecule has 0 bridgehead atoms. The highest BCUT2D eigenvalue weighted by Crippen LogP contribution is 2.37. The van der Waals surface area contributed by atoms with Crippen molar-refractivity contribution >= 4 is 22.9 Å². The number of hydrogen-bond donors (Lipinski definition) is 1. The summed E-state index contributed by atoms with van der Waals surface area (Å²) in [4.78, 5) is 31.2. The molecule has 0 saturated carbocycles. The van der Waals surface area contributed by atoms with E-state index < -0.39 is 12.0 Å². The van der Waals surface area contributed by atoms with Gasteiger partial charge in [0.2, 0.25) is 5.91 Å². The van der Waals surface area contributed by atoms with Gasteiger partial charge in [0.1, 0.15) is 11.9 Å². The van der Waals surface area contributed by atoms with Crippen LogP contribution in [0.2, 0.25) is 0 Å². The van der Waals surface area contributed by atoms with Gasteiger partial charge in [-0.1, -0.05) is 42.0 Å². The molecule has 1 amide bonds. The standard InChI is InChI=1S/C21H21N3O3/c1-13-7-9-15(10-8-13)12-23-14(2)20-22-16-5-3-4-6-17(16)24(20)18(21(23)27)11-19(25)26/h3-10,14,18H,11-12H2,1-2H3,(H,25,26). The van der Waals surface area contributed by atoms with Gasteiger partial charge >= 0.3 is 5.97 Å². The number of carbonyl (C=O) groups excluding carboxylic acids is 1. The zero-order chi connectivity index (χ0) is 19.1. The molecule has 0 saturated heterocycles. The largest absolute Gasteiger partial charge is 0.481 e. The first-order chi connectivity index (χ1) is 13.0. The van der Waals surface area contributed by atoms with Gasteiger partial charge in [0.15, 0.2) is 0 Å². The molecular weight excluding hydrogens is 342 g/mol. The number of aliphatic carboxylic acids is 1. The molecule has 2 unspecified atom stereocenters. The summed E-state index contributed by atoms with van der Waals surface area (Å²) in [6.45, 7) is 4.39. The third kappa shape index (κ3) is 2.97. The average molecular weight is 363 g/mol. The minimum absolute atomic E-state index is 0.180. The summed E-state index contributed by atoms with van der Waals surface area (Å²) in [6, 6.07) is 14.5. The Balaban J connectivity index is 1.80. The van der Waals surface area contributed by atoms with Crippen LogP contribution in [-0.2, 0) is 16.1 Å². The summed E-state index contributed by atoms with van der Waals surface area (Å²) in [6.07, 6.45) is -0.261. The smallest absolute Gasteiger partial charge is 0.306 e. The van der Waals surface area contributed by atoms with E-state index in [1.165, 1.54) is 0 Å². The molecule has 138 valence electrons. The van der Waals surface area contributed by atoms with Crippen molar-refractivity contribution < 1.29 is 14.7 Å². The van der Waals surface area contributed by atoms with Crippen molar-refractivity contribution in [3.63, 3.8) is 0 Å². The third-order valence-electron chi connectivity index (χ3n) is 5.19. The SMILES string of the molecule is Cc1ccc(CN2C(=O)C(CC(=O)O)n3c(nc4ccccc43)C2C)cc1. The van der Waals surface area contributed by atoms with E-state index in [9.17, 15) is 14.7 Å². The number of imidazole rings is 1. The van der Waals surface area contributed by atoms with Crippen LogP contribution < -0.4 is 0 Å². The summed E-state index contributed by atoms with van der Waals surface area (Å²) in [7, 11) is 0. The van der Waals surface area contributed by atoms with Crippen LogP contribution in [0.3, 0.4) is 0 Å². The number of rotatable bonds is 4. The Morgan fingerprint density at radius 3 is 2.56 bits per heavy atom. The van der Waals surface area contributed by atoms with Gasteiger partial charge in [-0.05, 0) is 31.5 Å². The zero-order valence-electron chi connectivity index (χ0n) is 15.3. The van der Waals surface area contributed by atoms with Crippen LogP contribution in [0.4, 0.5) is 0 Å². The van der Waals surface area contributed by atoms with Gasteiger partial charge < -0.3 is 14.6 Å². The maximum atomic E-state index is 13.3.